The average molecular weight is 619 g/mol. The molecule has 1 aromatic heterocycles. The van der Waals surface area contributed by atoms with Crippen LogP contribution >= 0.6 is 0 Å². The highest BCUT2D eigenvalue weighted by molar-refractivity contribution is 7.91. The van der Waals surface area contributed by atoms with Crippen LogP contribution in [-0.4, -0.2) is 59.1 Å². The number of hydrogen-bond acceptors (Lipinski definition) is 7. The molecule has 3 heterocycles. The predicted molar refractivity (Wildman–Crippen MR) is 171 cm³/mol. The molecule has 226 valence electrons. The largest absolute Gasteiger partial charge is 0.494 e. The lowest BCUT2D eigenvalue weighted by Gasteiger charge is -2.32. The molecule has 3 aromatic carbocycles. The van der Waals surface area contributed by atoms with Crippen LogP contribution in [0.4, 0.5) is 0 Å². The summed E-state index contributed by atoms with van der Waals surface area (Å²) in [6.45, 7) is 4.39. The van der Waals surface area contributed by atoms with Crippen LogP contribution < -0.4 is 4.74 Å². The quantitative estimate of drug-likeness (QED) is 0.207. The van der Waals surface area contributed by atoms with Crippen molar-refractivity contribution >= 4 is 33.3 Å². The summed E-state index contributed by atoms with van der Waals surface area (Å²) >= 11 is 0. The van der Waals surface area contributed by atoms with Crippen LogP contribution in [0.25, 0.3) is 28.6 Å². The van der Waals surface area contributed by atoms with Crippen LogP contribution in [0.2, 0.25) is 0 Å². The van der Waals surface area contributed by atoms with Gasteiger partial charge in [-0.25, -0.2) is 13.1 Å². The average Bonchev–Trinajstić information content (AvgIpc) is 3.63. The molecule has 2 aliphatic rings. The smallest absolute Gasteiger partial charge is 0.272 e. The summed E-state index contributed by atoms with van der Waals surface area (Å²) in [7, 11) is -3.43. The second kappa shape index (κ2) is 12.0. The molecule has 0 aliphatic carbocycles. The van der Waals surface area contributed by atoms with E-state index >= 15 is 0 Å². The fraction of sp³-hybridized carbons (Fsp3) is 0.200. The predicted octanol–water partition coefficient (Wildman–Crippen LogP) is 5.16. The summed E-state index contributed by atoms with van der Waals surface area (Å²) < 4.78 is 32.2. The van der Waals surface area contributed by atoms with E-state index in [9.17, 15) is 23.3 Å². The number of amides is 2. The van der Waals surface area contributed by atoms with Crippen LogP contribution in [0.1, 0.15) is 30.0 Å². The van der Waals surface area contributed by atoms with Crippen molar-refractivity contribution in [3.8, 4) is 28.8 Å². The first-order chi connectivity index (χ1) is 21.7. The Hall–Kier alpha value is -5.27. The molecule has 6 rings (SSSR count). The lowest BCUT2D eigenvalue weighted by molar-refractivity contribution is -0.142. The highest BCUT2D eigenvalue weighted by atomic mass is 32.2. The number of aromatic nitrogens is 2. The van der Waals surface area contributed by atoms with Crippen molar-refractivity contribution in [3.05, 3.63) is 113 Å². The number of aryl methyl sites for hydroxylation is 1. The standard InChI is InChI=1S/C35H30N4O5S/c1-3-44-31-15-14-25(18-23(31)2)33-26(21-38(37-33)27-12-8-5-9-13-27)19-29-32(24-10-6-4-7-11-24)30(20-36)35(41)39(34(29)40)28-16-17-45(42,43)22-28/h4-15,18-19,21,28H,3,16-17,22H2,1-2H3/b29-19-. The van der Waals surface area contributed by atoms with Gasteiger partial charge in [0.15, 0.2) is 9.84 Å². The number of carbonyl (C=O) groups is 2. The van der Waals surface area contributed by atoms with E-state index in [1.165, 1.54) is 0 Å². The summed E-state index contributed by atoms with van der Waals surface area (Å²) in [5.41, 5.74) is 4.25. The topological polar surface area (TPSA) is 122 Å². The summed E-state index contributed by atoms with van der Waals surface area (Å²) in [5, 5.41) is 15.2. The summed E-state index contributed by atoms with van der Waals surface area (Å²) in [6.07, 6.45) is 3.57. The van der Waals surface area contributed by atoms with Gasteiger partial charge >= 0.3 is 0 Å². The molecule has 9 nitrogen and oxygen atoms in total. The molecule has 2 aliphatic heterocycles. The van der Waals surface area contributed by atoms with E-state index in [1.54, 1.807) is 47.3 Å². The van der Waals surface area contributed by atoms with Crippen molar-refractivity contribution in [2.24, 2.45) is 0 Å². The van der Waals surface area contributed by atoms with Crippen molar-refractivity contribution < 1.29 is 22.7 Å². The molecule has 1 unspecified atom stereocenters. The van der Waals surface area contributed by atoms with Gasteiger partial charge in [0.25, 0.3) is 11.8 Å². The normalized spacial score (nSPS) is 18.8. The maximum absolute atomic E-state index is 14.3. The monoisotopic (exact) mass is 618 g/mol. The van der Waals surface area contributed by atoms with Crippen LogP contribution in [-0.2, 0) is 19.4 Å². The Kier molecular flexibility index (Phi) is 7.96. The van der Waals surface area contributed by atoms with Crippen molar-refractivity contribution in [1.82, 2.24) is 14.7 Å². The molecule has 1 saturated heterocycles. The zero-order valence-electron chi connectivity index (χ0n) is 24.8. The van der Waals surface area contributed by atoms with Gasteiger partial charge in [0, 0.05) is 22.9 Å². The molecule has 10 heteroatoms. The summed E-state index contributed by atoms with van der Waals surface area (Å²) in [6, 6.07) is 25.2. The number of carbonyl (C=O) groups excluding carboxylic acids is 2. The Balaban J connectivity index is 1.59. The van der Waals surface area contributed by atoms with E-state index in [1.807, 2.05) is 68.4 Å². The first-order valence-corrected chi connectivity index (χ1v) is 16.4. The number of nitrogens with zero attached hydrogens (tertiary/aromatic N) is 4. The van der Waals surface area contributed by atoms with Crippen LogP contribution in [0.5, 0.6) is 5.75 Å². The molecule has 0 spiro atoms. The van der Waals surface area contributed by atoms with Crippen LogP contribution in [0.15, 0.2) is 96.2 Å². The fourth-order valence-corrected chi connectivity index (χ4v) is 7.54. The van der Waals surface area contributed by atoms with E-state index < -0.39 is 27.7 Å². The SMILES string of the molecule is CCOc1ccc(-c2nn(-c3ccccc3)cc2/C=C2\C(=O)N(C3CCS(=O)(=O)C3)C(=O)C(C#N)=C2c2ccccc2)cc1C. The van der Waals surface area contributed by atoms with E-state index in [0.717, 1.165) is 27.5 Å². The number of sulfone groups is 1. The van der Waals surface area contributed by atoms with Crippen molar-refractivity contribution in [3.63, 3.8) is 0 Å². The second-order valence-corrected chi connectivity index (χ2v) is 13.2. The molecule has 1 fully saturated rings. The number of para-hydroxylation sites is 1. The fourth-order valence-electron chi connectivity index (χ4n) is 5.84. The molecule has 0 radical (unpaired) electrons. The molecule has 1 atom stereocenters. The maximum atomic E-state index is 14.3. The zero-order chi connectivity index (χ0) is 31.7. The first-order valence-electron chi connectivity index (χ1n) is 14.6. The molecule has 0 N–H and O–H groups in total. The van der Waals surface area contributed by atoms with E-state index in [-0.39, 0.29) is 34.6 Å². The Morgan fingerprint density at radius 2 is 1.71 bits per heavy atom. The van der Waals surface area contributed by atoms with Gasteiger partial charge in [0.1, 0.15) is 17.4 Å². The number of ether oxygens (including phenoxy) is 1. The molecule has 45 heavy (non-hydrogen) atoms. The van der Waals surface area contributed by atoms with Gasteiger partial charge in [-0.2, -0.15) is 10.4 Å². The van der Waals surface area contributed by atoms with Gasteiger partial charge in [0.05, 0.1) is 41.1 Å². The third-order valence-corrected chi connectivity index (χ3v) is 9.71. The molecule has 4 aromatic rings. The van der Waals surface area contributed by atoms with Gasteiger partial charge in [0.2, 0.25) is 0 Å². The highest BCUT2D eigenvalue weighted by Gasteiger charge is 2.45. The van der Waals surface area contributed by atoms with Gasteiger partial charge in [-0.05, 0) is 67.8 Å². The van der Waals surface area contributed by atoms with Gasteiger partial charge < -0.3 is 4.74 Å². The minimum Gasteiger partial charge on any atom is -0.494 e. The molecule has 2 amide bonds. The number of imide groups is 1. The number of benzene rings is 3. The van der Waals surface area contributed by atoms with Crippen LogP contribution in [0.3, 0.4) is 0 Å². The number of rotatable bonds is 7. The number of nitriles is 1. The van der Waals surface area contributed by atoms with Crippen molar-refractivity contribution in [2.75, 3.05) is 18.1 Å². The highest BCUT2D eigenvalue weighted by Crippen LogP contribution is 2.38. The van der Waals surface area contributed by atoms with Gasteiger partial charge in [-0.3, -0.25) is 14.5 Å². The number of hydrogen-bond donors (Lipinski definition) is 0. The molecule has 0 saturated carbocycles. The van der Waals surface area contributed by atoms with E-state index in [2.05, 4.69) is 0 Å². The minimum atomic E-state index is -3.43. The zero-order valence-corrected chi connectivity index (χ0v) is 25.6. The third kappa shape index (κ3) is 5.70. The van der Waals surface area contributed by atoms with Gasteiger partial charge in [-0.1, -0.05) is 48.5 Å². The Morgan fingerprint density at radius 3 is 2.33 bits per heavy atom. The summed E-state index contributed by atoms with van der Waals surface area (Å²) in [4.78, 5) is 29.0. The van der Waals surface area contributed by atoms with E-state index in [4.69, 9.17) is 9.84 Å². The molecule has 0 bridgehead atoms. The van der Waals surface area contributed by atoms with Crippen molar-refractivity contribution in [2.45, 2.75) is 26.3 Å². The van der Waals surface area contributed by atoms with Crippen LogP contribution in [0, 0.1) is 18.3 Å². The van der Waals surface area contributed by atoms with Crippen molar-refractivity contribution in [1.29, 1.82) is 5.26 Å². The second-order valence-electron chi connectivity index (χ2n) is 10.9. The lowest BCUT2D eigenvalue weighted by atomic mass is 9.86. The Labute approximate surface area is 261 Å². The molecular formula is C35H30N4O5S. The lowest BCUT2D eigenvalue weighted by Crippen LogP contribution is -2.49. The Bertz CT molecular complexity index is 2020. The summed E-state index contributed by atoms with van der Waals surface area (Å²) in [5.74, 6) is -1.15. The first kappa shape index (κ1) is 29.8. The maximum Gasteiger partial charge on any atom is 0.272 e. The van der Waals surface area contributed by atoms with Gasteiger partial charge in [-0.15, -0.1) is 0 Å². The molecular weight excluding hydrogens is 588 g/mol. The third-order valence-electron chi connectivity index (χ3n) is 7.96. The van der Waals surface area contributed by atoms with E-state index in [0.29, 0.717) is 23.4 Å². The Morgan fingerprint density at radius 1 is 1.00 bits per heavy atom. The minimum absolute atomic E-state index is 0.109.